The van der Waals surface area contributed by atoms with Crippen molar-refractivity contribution in [3.8, 4) is 0 Å². The van der Waals surface area contributed by atoms with Crippen LogP contribution in [0.25, 0.3) is 0 Å². The summed E-state index contributed by atoms with van der Waals surface area (Å²) in [6.45, 7) is 3.43. The van der Waals surface area contributed by atoms with Crippen LogP contribution in [0.1, 0.15) is 31.4 Å². The molecular weight excluding hydrogens is 386 g/mol. The van der Waals surface area contributed by atoms with E-state index in [1.807, 2.05) is 12.1 Å². The Bertz CT molecular complexity index is 551. The average Bonchev–Trinajstić information content (AvgIpc) is 2.75. The molecule has 1 aromatic carbocycles. The fraction of sp³-hybridized carbons (Fsp3) is 0.357. The first-order valence-corrected chi connectivity index (χ1v) is 9.85. The molecule has 1 aliphatic heterocycles. The number of amides is 3. The lowest BCUT2D eigenvalue weighted by atomic mass is 10.0. The normalized spacial score (nSPS) is 12.8. The molecule has 1 heterocycles. The van der Waals surface area contributed by atoms with Crippen LogP contribution in [0.3, 0.4) is 0 Å². The van der Waals surface area contributed by atoms with Crippen LogP contribution in [0.15, 0.2) is 24.3 Å². The van der Waals surface area contributed by atoms with Gasteiger partial charge in [-0.25, -0.2) is 7.42 Å². The molecule has 2 rings (SSSR count). The average molecular weight is 406 g/mol. The SMILES string of the molecule is CC(=O)N(S)SSN(S)C(C)=O.O=C1CCc2ccccc2CN1. The third-order valence-electron chi connectivity index (χ3n) is 2.93. The van der Waals surface area contributed by atoms with E-state index in [1.165, 1.54) is 25.0 Å². The van der Waals surface area contributed by atoms with E-state index in [4.69, 9.17) is 0 Å². The molecule has 6 nitrogen and oxygen atoms in total. The zero-order chi connectivity index (χ0) is 18.1. The van der Waals surface area contributed by atoms with Crippen LogP contribution >= 0.6 is 47.6 Å². The first kappa shape index (κ1) is 21.1. The fourth-order valence-corrected chi connectivity index (χ4v) is 3.55. The van der Waals surface area contributed by atoms with E-state index in [2.05, 4.69) is 43.1 Å². The summed E-state index contributed by atoms with van der Waals surface area (Å²) in [7, 11) is 2.03. The minimum Gasteiger partial charge on any atom is -0.352 e. The Morgan fingerprint density at radius 1 is 1.00 bits per heavy atom. The van der Waals surface area contributed by atoms with Crippen molar-refractivity contribution >= 4 is 65.3 Å². The lowest BCUT2D eigenvalue weighted by molar-refractivity contribution is -0.121. The largest absolute Gasteiger partial charge is 0.352 e. The van der Waals surface area contributed by atoms with E-state index in [0.717, 1.165) is 35.8 Å². The summed E-state index contributed by atoms with van der Waals surface area (Å²) in [6, 6.07) is 8.20. The molecule has 0 fully saturated rings. The molecule has 0 bridgehead atoms. The highest BCUT2D eigenvalue weighted by atomic mass is 33.1. The molecule has 0 unspecified atom stereocenters. The number of rotatable bonds is 3. The van der Waals surface area contributed by atoms with Crippen molar-refractivity contribution in [3.63, 3.8) is 0 Å². The van der Waals surface area contributed by atoms with E-state index in [0.29, 0.717) is 13.0 Å². The minimum absolute atomic E-state index is 0.159. The molecule has 0 spiro atoms. The second-order valence-electron chi connectivity index (χ2n) is 4.78. The Hall–Kier alpha value is -0.970. The van der Waals surface area contributed by atoms with Crippen molar-refractivity contribution in [1.82, 2.24) is 12.7 Å². The van der Waals surface area contributed by atoms with Crippen LogP contribution in [0.5, 0.6) is 0 Å². The molecule has 0 saturated carbocycles. The minimum atomic E-state index is -0.207. The van der Waals surface area contributed by atoms with E-state index in [-0.39, 0.29) is 17.7 Å². The number of fused-ring (bicyclic) bond motifs is 1. The van der Waals surface area contributed by atoms with Gasteiger partial charge in [0, 0.05) is 26.8 Å². The van der Waals surface area contributed by atoms with Gasteiger partial charge in [0.25, 0.3) is 0 Å². The zero-order valence-electron chi connectivity index (χ0n) is 13.3. The smallest absolute Gasteiger partial charge is 0.240 e. The van der Waals surface area contributed by atoms with Crippen molar-refractivity contribution in [3.05, 3.63) is 35.4 Å². The Labute approximate surface area is 160 Å². The van der Waals surface area contributed by atoms with E-state index >= 15 is 0 Å². The molecule has 0 aliphatic carbocycles. The number of carbonyl (C=O) groups is 3. The predicted molar refractivity (Wildman–Crippen MR) is 105 cm³/mol. The Balaban J connectivity index is 0.000000240. The molecule has 0 atom stereocenters. The quantitative estimate of drug-likeness (QED) is 0.410. The van der Waals surface area contributed by atoms with Crippen LogP contribution in [-0.2, 0) is 27.3 Å². The van der Waals surface area contributed by atoms with Gasteiger partial charge < -0.3 is 5.32 Å². The number of benzene rings is 1. The number of nitrogens with one attached hydrogen (secondary N) is 1. The molecule has 1 aromatic rings. The second-order valence-corrected chi connectivity index (χ2v) is 8.04. The lowest BCUT2D eigenvalue weighted by Crippen LogP contribution is -2.20. The van der Waals surface area contributed by atoms with Crippen molar-refractivity contribution in [2.75, 3.05) is 0 Å². The summed E-state index contributed by atoms with van der Waals surface area (Å²) in [4.78, 5) is 32.3. The van der Waals surface area contributed by atoms with Gasteiger partial charge in [0.05, 0.1) is 22.0 Å². The number of hydrogen-bond acceptors (Lipinski definition) is 7. The maximum absolute atomic E-state index is 11.0. The number of carbonyl (C=O) groups excluding carboxylic acids is 3. The maximum atomic E-state index is 11.0. The molecule has 0 aromatic heterocycles. The van der Waals surface area contributed by atoms with Crippen molar-refractivity contribution < 1.29 is 14.4 Å². The van der Waals surface area contributed by atoms with Gasteiger partial charge in [-0.1, -0.05) is 49.9 Å². The summed E-state index contributed by atoms with van der Waals surface area (Å²) in [5.41, 5.74) is 2.55. The van der Waals surface area contributed by atoms with Gasteiger partial charge in [-0.05, 0) is 17.5 Å². The second kappa shape index (κ2) is 10.8. The number of thiol groups is 2. The van der Waals surface area contributed by atoms with Crippen molar-refractivity contribution in [2.24, 2.45) is 0 Å². The standard InChI is InChI=1S/C10H11NO.C4H8N2O2S4/c12-10-6-5-8-3-1-2-4-9(8)7-11-10;1-3(7)5(9)11-12-6(10)4(2)8/h1-4H,5-7H2,(H,11,12);9-10H,1-2H3. The van der Waals surface area contributed by atoms with Gasteiger partial charge in [-0.3, -0.25) is 14.4 Å². The van der Waals surface area contributed by atoms with Gasteiger partial charge in [-0.15, -0.1) is 0 Å². The highest BCUT2D eigenvalue weighted by Gasteiger charge is 2.11. The van der Waals surface area contributed by atoms with Crippen LogP contribution in [0.4, 0.5) is 0 Å². The van der Waals surface area contributed by atoms with Crippen LogP contribution in [-0.4, -0.2) is 25.1 Å². The zero-order valence-corrected chi connectivity index (χ0v) is 16.7. The molecule has 3 amide bonds. The van der Waals surface area contributed by atoms with E-state index in [9.17, 15) is 14.4 Å². The molecule has 10 heteroatoms. The monoisotopic (exact) mass is 405 g/mol. The number of aryl methyl sites for hydroxylation is 1. The first-order valence-electron chi connectivity index (χ1n) is 6.98. The Kier molecular flexibility index (Phi) is 9.49. The molecule has 1 N–H and O–H groups in total. The summed E-state index contributed by atoms with van der Waals surface area (Å²) >= 11 is 7.64. The van der Waals surface area contributed by atoms with Gasteiger partial charge in [0.15, 0.2) is 0 Å². The summed E-state index contributed by atoms with van der Waals surface area (Å²) < 4.78 is 2.22. The molecule has 0 radical (unpaired) electrons. The van der Waals surface area contributed by atoms with Crippen LogP contribution < -0.4 is 5.32 Å². The highest BCUT2D eigenvalue weighted by Crippen LogP contribution is 2.32. The van der Waals surface area contributed by atoms with Gasteiger partial charge in [-0.2, -0.15) is 0 Å². The summed E-state index contributed by atoms with van der Waals surface area (Å²) in [5.74, 6) is -0.256. The molecule has 24 heavy (non-hydrogen) atoms. The van der Waals surface area contributed by atoms with Crippen molar-refractivity contribution in [1.29, 1.82) is 0 Å². The van der Waals surface area contributed by atoms with Crippen LogP contribution in [0, 0.1) is 0 Å². The summed E-state index contributed by atoms with van der Waals surface area (Å²) in [5, 5.41) is 2.86. The fourth-order valence-electron chi connectivity index (χ4n) is 1.67. The van der Waals surface area contributed by atoms with Gasteiger partial charge in [0.2, 0.25) is 17.7 Å². The third-order valence-corrected chi connectivity index (χ3v) is 6.60. The topological polar surface area (TPSA) is 69.7 Å². The van der Waals surface area contributed by atoms with Gasteiger partial charge >= 0.3 is 0 Å². The molecule has 0 saturated heterocycles. The highest BCUT2D eigenvalue weighted by molar-refractivity contribution is 8.77. The Morgan fingerprint density at radius 2 is 1.50 bits per heavy atom. The van der Waals surface area contributed by atoms with Crippen LogP contribution in [0.2, 0.25) is 0 Å². The van der Waals surface area contributed by atoms with Crippen molar-refractivity contribution in [2.45, 2.75) is 33.2 Å². The number of nitrogens with zero attached hydrogens (tertiary/aromatic N) is 2. The van der Waals surface area contributed by atoms with Gasteiger partial charge in [0.1, 0.15) is 0 Å². The maximum Gasteiger partial charge on any atom is 0.240 e. The Morgan fingerprint density at radius 3 is 2.00 bits per heavy atom. The molecule has 132 valence electrons. The summed E-state index contributed by atoms with van der Waals surface area (Å²) in [6.07, 6.45) is 1.50. The lowest BCUT2D eigenvalue weighted by Gasteiger charge is -2.14. The van der Waals surface area contributed by atoms with E-state index < -0.39 is 0 Å². The molecular formula is C14H19N3O3S4. The third kappa shape index (κ3) is 7.73. The first-order chi connectivity index (χ1) is 11.3. The predicted octanol–water partition coefficient (Wildman–Crippen LogP) is 2.83. The van der Waals surface area contributed by atoms with E-state index in [1.54, 1.807) is 0 Å². The number of hydrogen-bond donors (Lipinski definition) is 3. The molecule has 1 aliphatic rings.